The molecule has 13 heavy (non-hydrogen) atoms. The lowest BCUT2D eigenvalue weighted by Gasteiger charge is -2.36. The molecule has 1 aliphatic rings. The van der Waals surface area contributed by atoms with E-state index < -0.39 is 0 Å². The van der Waals surface area contributed by atoms with Gasteiger partial charge in [0.25, 0.3) is 0 Å². The SMILES string of the molecule is CN(C)C[C@H]1CCCCN1CCN. The minimum absolute atomic E-state index is 0.743. The highest BCUT2D eigenvalue weighted by Crippen LogP contribution is 2.16. The molecule has 0 aromatic carbocycles. The van der Waals surface area contributed by atoms with Gasteiger partial charge in [0.2, 0.25) is 0 Å². The van der Waals surface area contributed by atoms with E-state index in [4.69, 9.17) is 5.73 Å². The van der Waals surface area contributed by atoms with Crippen LogP contribution in [-0.4, -0.2) is 56.1 Å². The van der Waals surface area contributed by atoms with Gasteiger partial charge in [0, 0.05) is 25.7 Å². The number of hydrogen-bond acceptors (Lipinski definition) is 3. The molecule has 1 aliphatic heterocycles. The number of likely N-dealkylation sites (N-methyl/N-ethyl adjacent to an activating group) is 1. The van der Waals surface area contributed by atoms with Crippen LogP contribution in [0.3, 0.4) is 0 Å². The number of piperidine rings is 1. The lowest BCUT2D eigenvalue weighted by Crippen LogP contribution is -2.47. The fraction of sp³-hybridized carbons (Fsp3) is 1.00. The van der Waals surface area contributed by atoms with Crippen LogP contribution in [0.5, 0.6) is 0 Å². The van der Waals surface area contributed by atoms with Crippen molar-refractivity contribution in [3.05, 3.63) is 0 Å². The monoisotopic (exact) mass is 185 g/mol. The molecule has 1 heterocycles. The first-order valence-corrected chi connectivity index (χ1v) is 5.33. The summed E-state index contributed by atoms with van der Waals surface area (Å²) in [6.07, 6.45) is 4.09. The van der Waals surface area contributed by atoms with Gasteiger partial charge in [0.05, 0.1) is 0 Å². The van der Waals surface area contributed by atoms with Crippen molar-refractivity contribution in [1.82, 2.24) is 9.80 Å². The summed E-state index contributed by atoms with van der Waals surface area (Å²) in [5.41, 5.74) is 5.60. The molecule has 0 aromatic rings. The Morgan fingerprint density at radius 2 is 2.15 bits per heavy atom. The van der Waals surface area contributed by atoms with Crippen LogP contribution in [0.25, 0.3) is 0 Å². The molecule has 2 N–H and O–H groups in total. The molecule has 0 amide bonds. The van der Waals surface area contributed by atoms with Crippen LogP contribution in [0.4, 0.5) is 0 Å². The third kappa shape index (κ3) is 3.63. The molecular formula is C10H23N3. The van der Waals surface area contributed by atoms with Crippen LogP contribution in [-0.2, 0) is 0 Å². The van der Waals surface area contributed by atoms with E-state index in [0.717, 1.165) is 19.1 Å². The fourth-order valence-corrected chi connectivity index (χ4v) is 2.15. The smallest absolute Gasteiger partial charge is 0.0223 e. The molecule has 1 fully saturated rings. The normalized spacial score (nSPS) is 25.4. The topological polar surface area (TPSA) is 32.5 Å². The van der Waals surface area contributed by atoms with Crippen molar-refractivity contribution in [3.63, 3.8) is 0 Å². The third-order valence-electron chi connectivity index (χ3n) is 2.74. The molecular weight excluding hydrogens is 162 g/mol. The van der Waals surface area contributed by atoms with E-state index in [1.54, 1.807) is 0 Å². The van der Waals surface area contributed by atoms with Gasteiger partial charge in [-0.15, -0.1) is 0 Å². The maximum atomic E-state index is 5.60. The summed E-state index contributed by atoms with van der Waals surface area (Å²) in [6.45, 7) is 4.29. The van der Waals surface area contributed by atoms with Crippen molar-refractivity contribution in [1.29, 1.82) is 0 Å². The largest absolute Gasteiger partial charge is 0.329 e. The van der Waals surface area contributed by atoms with Gasteiger partial charge in [-0.2, -0.15) is 0 Å². The number of nitrogens with two attached hydrogens (primary N) is 1. The van der Waals surface area contributed by atoms with Crippen molar-refractivity contribution in [3.8, 4) is 0 Å². The van der Waals surface area contributed by atoms with Crippen molar-refractivity contribution < 1.29 is 0 Å². The second kappa shape index (κ2) is 5.58. The van der Waals surface area contributed by atoms with Crippen LogP contribution >= 0.6 is 0 Å². The molecule has 0 saturated carbocycles. The van der Waals surface area contributed by atoms with E-state index in [0.29, 0.717) is 0 Å². The van der Waals surface area contributed by atoms with E-state index >= 15 is 0 Å². The van der Waals surface area contributed by atoms with Gasteiger partial charge in [-0.3, -0.25) is 4.90 Å². The molecule has 0 aliphatic carbocycles. The first-order chi connectivity index (χ1) is 6.24. The molecule has 0 radical (unpaired) electrons. The average molecular weight is 185 g/mol. The van der Waals surface area contributed by atoms with E-state index in [2.05, 4.69) is 23.9 Å². The number of rotatable bonds is 4. The van der Waals surface area contributed by atoms with Crippen LogP contribution in [0.2, 0.25) is 0 Å². The highest BCUT2D eigenvalue weighted by Gasteiger charge is 2.21. The van der Waals surface area contributed by atoms with Gasteiger partial charge < -0.3 is 10.6 Å². The summed E-state index contributed by atoms with van der Waals surface area (Å²) in [5, 5.41) is 0. The van der Waals surface area contributed by atoms with Crippen LogP contribution in [0.15, 0.2) is 0 Å². The Labute approximate surface area is 81.9 Å². The maximum absolute atomic E-state index is 5.60. The van der Waals surface area contributed by atoms with E-state index in [-0.39, 0.29) is 0 Å². The quantitative estimate of drug-likeness (QED) is 0.686. The fourth-order valence-electron chi connectivity index (χ4n) is 2.15. The predicted molar refractivity (Wildman–Crippen MR) is 56.8 cm³/mol. The van der Waals surface area contributed by atoms with Crippen LogP contribution in [0, 0.1) is 0 Å². The molecule has 1 rings (SSSR count). The Bertz CT molecular complexity index is 134. The molecule has 0 aromatic heterocycles. The van der Waals surface area contributed by atoms with Crippen molar-refractivity contribution >= 4 is 0 Å². The predicted octanol–water partition coefficient (Wildman–Crippen LogP) is 0.361. The van der Waals surface area contributed by atoms with Gasteiger partial charge in [-0.25, -0.2) is 0 Å². The molecule has 3 heteroatoms. The summed E-state index contributed by atoms with van der Waals surface area (Å²) in [4.78, 5) is 4.82. The summed E-state index contributed by atoms with van der Waals surface area (Å²) >= 11 is 0. The van der Waals surface area contributed by atoms with Gasteiger partial charge in [0.1, 0.15) is 0 Å². The Balaban J connectivity index is 2.36. The van der Waals surface area contributed by atoms with E-state index in [9.17, 15) is 0 Å². The Morgan fingerprint density at radius 1 is 1.38 bits per heavy atom. The first-order valence-electron chi connectivity index (χ1n) is 5.33. The Kier molecular flexibility index (Phi) is 4.70. The summed E-state index contributed by atoms with van der Waals surface area (Å²) in [7, 11) is 4.30. The van der Waals surface area contributed by atoms with E-state index in [1.165, 1.54) is 32.4 Å². The molecule has 78 valence electrons. The lowest BCUT2D eigenvalue weighted by molar-refractivity contribution is 0.125. The van der Waals surface area contributed by atoms with Gasteiger partial charge in [-0.1, -0.05) is 6.42 Å². The maximum Gasteiger partial charge on any atom is 0.0223 e. The molecule has 0 spiro atoms. The summed E-state index contributed by atoms with van der Waals surface area (Å²) in [6, 6.07) is 0.743. The van der Waals surface area contributed by atoms with Crippen molar-refractivity contribution in [2.75, 3.05) is 40.3 Å². The first kappa shape index (κ1) is 11.0. The third-order valence-corrected chi connectivity index (χ3v) is 2.74. The van der Waals surface area contributed by atoms with Gasteiger partial charge in [-0.05, 0) is 33.5 Å². The van der Waals surface area contributed by atoms with Crippen molar-refractivity contribution in [2.45, 2.75) is 25.3 Å². The standard InChI is InChI=1S/C10H23N3/c1-12(2)9-10-5-3-4-7-13(10)8-6-11/h10H,3-9,11H2,1-2H3/t10-/m1/s1. The minimum Gasteiger partial charge on any atom is -0.329 e. The van der Waals surface area contributed by atoms with E-state index in [1.807, 2.05) is 0 Å². The highest BCUT2D eigenvalue weighted by molar-refractivity contribution is 4.78. The highest BCUT2D eigenvalue weighted by atomic mass is 15.2. The summed E-state index contributed by atoms with van der Waals surface area (Å²) < 4.78 is 0. The second-order valence-electron chi connectivity index (χ2n) is 4.24. The number of hydrogen-bond donors (Lipinski definition) is 1. The zero-order chi connectivity index (χ0) is 9.68. The molecule has 0 unspecified atom stereocenters. The zero-order valence-corrected chi connectivity index (χ0v) is 9.00. The average Bonchev–Trinajstić information content (AvgIpc) is 2.08. The minimum atomic E-state index is 0.743. The summed E-state index contributed by atoms with van der Waals surface area (Å²) in [5.74, 6) is 0. The number of likely N-dealkylation sites (tertiary alicyclic amines) is 1. The number of nitrogens with zero attached hydrogens (tertiary/aromatic N) is 2. The molecule has 1 atom stereocenters. The van der Waals surface area contributed by atoms with Gasteiger partial charge >= 0.3 is 0 Å². The van der Waals surface area contributed by atoms with Crippen LogP contribution in [0.1, 0.15) is 19.3 Å². The zero-order valence-electron chi connectivity index (χ0n) is 9.00. The van der Waals surface area contributed by atoms with Crippen molar-refractivity contribution in [2.24, 2.45) is 5.73 Å². The van der Waals surface area contributed by atoms with Gasteiger partial charge in [0.15, 0.2) is 0 Å². The Morgan fingerprint density at radius 3 is 2.77 bits per heavy atom. The lowest BCUT2D eigenvalue weighted by atomic mass is 10.0. The Hall–Kier alpha value is -0.120. The second-order valence-corrected chi connectivity index (χ2v) is 4.24. The molecule has 1 saturated heterocycles. The molecule has 0 bridgehead atoms. The van der Waals surface area contributed by atoms with Crippen LogP contribution < -0.4 is 5.73 Å². The molecule has 3 nitrogen and oxygen atoms in total.